The minimum Gasteiger partial charge on any atom is -0.337 e. The van der Waals surface area contributed by atoms with Crippen molar-refractivity contribution >= 4 is 27.6 Å². The number of hydrogen-bond acceptors (Lipinski definition) is 1. The Kier molecular flexibility index (Phi) is 4.66. The van der Waals surface area contributed by atoms with Crippen molar-refractivity contribution in [2.75, 3.05) is 11.4 Å². The summed E-state index contributed by atoms with van der Waals surface area (Å²) in [4.78, 5) is 14.3. The van der Waals surface area contributed by atoms with Crippen LogP contribution in [0.1, 0.15) is 18.1 Å². The number of para-hydroxylation sites is 1. The van der Waals surface area contributed by atoms with Crippen LogP contribution < -0.4 is 10.2 Å². The number of amides is 2. The van der Waals surface area contributed by atoms with Crippen molar-refractivity contribution in [1.82, 2.24) is 5.32 Å². The fraction of sp³-hybridized carbons (Fsp3) is 0.278. The maximum atomic E-state index is 13.7. The van der Waals surface area contributed by atoms with E-state index in [1.54, 1.807) is 17.0 Å². The predicted octanol–water partition coefficient (Wildman–Crippen LogP) is 4.29. The molecule has 2 aromatic rings. The van der Waals surface area contributed by atoms with Crippen molar-refractivity contribution in [3.05, 3.63) is 63.9 Å². The number of fused-ring (bicyclic) bond motifs is 1. The van der Waals surface area contributed by atoms with E-state index < -0.39 is 0 Å². The van der Waals surface area contributed by atoms with Crippen LogP contribution >= 0.6 is 15.9 Å². The van der Waals surface area contributed by atoms with Gasteiger partial charge in [-0.15, -0.1) is 0 Å². The lowest BCUT2D eigenvalue weighted by Crippen LogP contribution is -2.43. The Labute approximate surface area is 143 Å². The average molecular weight is 377 g/mol. The average Bonchev–Trinajstić information content (AvgIpc) is 2.86. The molecule has 120 valence electrons. The van der Waals surface area contributed by atoms with Crippen molar-refractivity contribution in [2.45, 2.75) is 25.8 Å². The minimum absolute atomic E-state index is 0.127. The molecule has 0 radical (unpaired) electrons. The van der Waals surface area contributed by atoms with Crippen LogP contribution in [0, 0.1) is 5.82 Å². The zero-order valence-corrected chi connectivity index (χ0v) is 14.4. The van der Waals surface area contributed by atoms with E-state index in [2.05, 4.69) is 27.3 Å². The monoisotopic (exact) mass is 376 g/mol. The van der Waals surface area contributed by atoms with Crippen LogP contribution in [0.25, 0.3) is 0 Å². The third-order valence-electron chi connectivity index (χ3n) is 4.10. The zero-order valence-electron chi connectivity index (χ0n) is 12.9. The summed E-state index contributed by atoms with van der Waals surface area (Å²) in [6.07, 6.45) is 1.32. The Morgan fingerprint density at radius 3 is 2.96 bits per heavy atom. The summed E-state index contributed by atoms with van der Waals surface area (Å²) in [6.45, 7) is 2.44. The first-order chi connectivity index (χ1) is 11.1. The molecule has 0 bridgehead atoms. The van der Waals surface area contributed by atoms with Gasteiger partial charge in [-0.1, -0.05) is 34.1 Å². The molecule has 1 N–H and O–H groups in total. The second-order valence-electron chi connectivity index (χ2n) is 5.77. The number of halogens is 2. The van der Waals surface area contributed by atoms with Gasteiger partial charge in [0.1, 0.15) is 5.82 Å². The zero-order chi connectivity index (χ0) is 16.4. The third-order valence-corrected chi connectivity index (χ3v) is 4.60. The van der Waals surface area contributed by atoms with Crippen molar-refractivity contribution in [3.63, 3.8) is 0 Å². The molecular formula is C18H18BrFN2O. The molecule has 0 fully saturated rings. The van der Waals surface area contributed by atoms with E-state index in [0.29, 0.717) is 18.5 Å². The molecule has 0 aliphatic carbocycles. The van der Waals surface area contributed by atoms with Crippen molar-refractivity contribution in [2.24, 2.45) is 0 Å². The Balaban J connectivity index is 1.63. The van der Waals surface area contributed by atoms with Crippen LogP contribution in [0.3, 0.4) is 0 Å². The standard InChI is InChI=1S/C18H18BrFN2O/c1-12-10-14-4-2-3-5-17(14)22(12)18(23)21-9-8-13-11-15(19)6-7-16(13)20/h2-7,11-12H,8-10H2,1H3,(H,21,23). The van der Waals surface area contributed by atoms with Crippen LogP contribution in [0.5, 0.6) is 0 Å². The number of hydrogen-bond donors (Lipinski definition) is 1. The summed E-state index contributed by atoms with van der Waals surface area (Å²) >= 11 is 3.33. The number of rotatable bonds is 3. The van der Waals surface area contributed by atoms with Crippen molar-refractivity contribution in [3.8, 4) is 0 Å². The van der Waals surface area contributed by atoms with Crippen LogP contribution in [0.15, 0.2) is 46.9 Å². The van der Waals surface area contributed by atoms with Gasteiger partial charge in [-0.2, -0.15) is 0 Å². The highest BCUT2D eigenvalue weighted by molar-refractivity contribution is 9.10. The second-order valence-corrected chi connectivity index (χ2v) is 6.69. The largest absolute Gasteiger partial charge is 0.337 e. The summed E-state index contributed by atoms with van der Waals surface area (Å²) in [5, 5.41) is 2.90. The van der Waals surface area contributed by atoms with E-state index >= 15 is 0 Å². The first kappa shape index (κ1) is 16.0. The number of urea groups is 1. The SMILES string of the molecule is CC1Cc2ccccc2N1C(=O)NCCc1cc(Br)ccc1F. The second kappa shape index (κ2) is 6.71. The molecule has 2 aromatic carbocycles. The molecule has 0 spiro atoms. The minimum atomic E-state index is -0.248. The van der Waals surface area contributed by atoms with E-state index in [9.17, 15) is 9.18 Å². The quantitative estimate of drug-likeness (QED) is 0.851. The van der Waals surface area contributed by atoms with Gasteiger partial charge in [-0.25, -0.2) is 9.18 Å². The molecule has 0 saturated heterocycles. The summed E-state index contributed by atoms with van der Waals surface area (Å²) in [7, 11) is 0. The fourth-order valence-corrected chi connectivity index (χ4v) is 3.41. The highest BCUT2D eigenvalue weighted by Crippen LogP contribution is 2.31. The number of nitrogens with zero attached hydrogens (tertiary/aromatic N) is 1. The highest BCUT2D eigenvalue weighted by Gasteiger charge is 2.30. The lowest BCUT2D eigenvalue weighted by molar-refractivity contribution is 0.245. The molecule has 23 heavy (non-hydrogen) atoms. The van der Waals surface area contributed by atoms with Crippen LogP contribution in [-0.4, -0.2) is 18.6 Å². The van der Waals surface area contributed by atoms with E-state index in [4.69, 9.17) is 0 Å². The van der Waals surface area contributed by atoms with Gasteiger partial charge in [-0.3, -0.25) is 4.90 Å². The smallest absolute Gasteiger partial charge is 0.322 e. The third kappa shape index (κ3) is 3.39. The molecular weight excluding hydrogens is 359 g/mol. The lowest BCUT2D eigenvalue weighted by atomic mass is 10.1. The van der Waals surface area contributed by atoms with Gasteiger partial charge in [0.25, 0.3) is 0 Å². The van der Waals surface area contributed by atoms with Crippen molar-refractivity contribution < 1.29 is 9.18 Å². The van der Waals surface area contributed by atoms with Crippen LogP contribution in [0.2, 0.25) is 0 Å². The van der Waals surface area contributed by atoms with Crippen molar-refractivity contribution in [1.29, 1.82) is 0 Å². The van der Waals surface area contributed by atoms with Gasteiger partial charge >= 0.3 is 6.03 Å². The molecule has 3 rings (SSSR count). The Hall–Kier alpha value is -1.88. The Morgan fingerprint density at radius 2 is 2.13 bits per heavy atom. The molecule has 1 aliphatic rings. The first-order valence-electron chi connectivity index (χ1n) is 7.65. The molecule has 1 atom stereocenters. The molecule has 1 aliphatic heterocycles. The van der Waals surface area contributed by atoms with E-state index in [1.807, 2.05) is 25.1 Å². The van der Waals surface area contributed by atoms with Crippen LogP contribution in [-0.2, 0) is 12.8 Å². The van der Waals surface area contributed by atoms with E-state index in [1.165, 1.54) is 11.6 Å². The molecule has 2 amide bonds. The molecule has 1 unspecified atom stereocenters. The maximum absolute atomic E-state index is 13.7. The summed E-state index contributed by atoms with van der Waals surface area (Å²) < 4.78 is 14.5. The topological polar surface area (TPSA) is 32.3 Å². The van der Waals surface area contributed by atoms with E-state index in [0.717, 1.165) is 16.6 Å². The van der Waals surface area contributed by atoms with Gasteiger partial charge in [0.15, 0.2) is 0 Å². The van der Waals surface area contributed by atoms with E-state index in [-0.39, 0.29) is 17.9 Å². The maximum Gasteiger partial charge on any atom is 0.322 e. The molecule has 3 nitrogen and oxygen atoms in total. The van der Waals surface area contributed by atoms with Gasteiger partial charge in [-0.05, 0) is 55.2 Å². The van der Waals surface area contributed by atoms with Crippen LogP contribution in [0.4, 0.5) is 14.9 Å². The van der Waals surface area contributed by atoms with Gasteiger partial charge in [0.2, 0.25) is 0 Å². The fourth-order valence-electron chi connectivity index (χ4n) is 3.00. The molecule has 0 saturated carbocycles. The summed E-state index contributed by atoms with van der Waals surface area (Å²) in [6, 6.07) is 12.8. The number of benzene rings is 2. The normalized spacial score (nSPS) is 16.3. The highest BCUT2D eigenvalue weighted by atomic mass is 79.9. The predicted molar refractivity (Wildman–Crippen MR) is 93.3 cm³/mol. The number of nitrogens with one attached hydrogen (secondary N) is 1. The first-order valence-corrected chi connectivity index (χ1v) is 8.44. The van der Waals surface area contributed by atoms with Gasteiger partial charge < -0.3 is 5.32 Å². The van der Waals surface area contributed by atoms with Gasteiger partial charge in [0, 0.05) is 22.7 Å². The lowest BCUT2D eigenvalue weighted by Gasteiger charge is -2.23. The Morgan fingerprint density at radius 1 is 1.35 bits per heavy atom. The molecule has 0 aromatic heterocycles. The number of carbonyl (C=O) groups is 1. The Bertz CT molecular complexity index is 735. The summed E-state index contributed by atoms with van der Waals surface area (Å²) in [5.41, 5.74) is 2.74. The summed E-state index contributed by atoms with van der Waals surface area (Å²) in [5.74, 6) is -0.248. The van der Waals surface area contributed by atoms with Gasteiger partial charge in [0.05, 0.1) is 0 Å². The number of anilines is 1. The number of carbonyl (C=O) groups excluding carboxylic acids is 1. The molecule has 5 heteroatoms. The molecule has 1 heterocycles.